The molecule has 0 aliphatic carbocycles. The van der Waals surface area contributed by atoms with E-state index in [1.165, 1.54) is 12.1 Å². The van der Waals surface area contributed by atoms with Crippen molar-refractivity contribution in [1.82, 2.24) is 4.90 Å². The number of nitrogens with zero attached hydrogens (tertiary/aromatic N) is 1. The van der Waals surface area contributed by atoms with Gasteiger partial charge in [-0.1, -0.05) is 25.1 Å². The van der Waals surface area contributed by atoms with Gasteiger partial charge < -0.3 is 15.0 Å². The Kier molecular flexibility index (Phi) is 9.22. The van der Waals surface area contributed by atoms with Crippen LogP contribution in [-0.2, 0) is 20.8 Å². The number of aryl methyl sites for hydroxylation is 1. The lowest BCUT2D eigenvalue weighted by Gasteiger charge is -2.32. The van der Waals surface area contributed by atoms with Gasteiger partial charge in [0.25, 0.3) is 0 Å². The molecular weight excluding hydrogens is 538 g/mol. The quantitative estimate of drug-likeness (QED) is 0.279. The molecule has 0 spiro atoms. The molecule has 0 radical (unpaired) electrons. The molecule has 1 saturated heterocycles. The van der Waals surface area contributed by atoms with Gasteiger partial charge in [-0.3, -0.25) is 14.4 Å². The molecular formula is C25H28FIN2O4. The molecule has 0 atom stereocenters. The smallest absolute Gasteiger partial charge is 0.311 e. The number of benzene rings is 2. The Morgan fingerprint density at radius 1 is 1.15 bits per heavy atom. The number of likely N-dealkylation sites (tertiary alicyclic amines) is 1. The van der Waals surface area contributed by atoms with E-state index in [1.54, 1.807) is 25.1 Å². The molecule has 0 aromatic heterocycles. The van der Waals surface area contributed by atoms with Crippen molar-refractivity contribution in [3.8, 4) is 5.75 Å². The molecule has 2 aromatic rings. The molecule has 8 heteroatoms. The van der Waals surface area contributed by atoms with Crippen molar-refractivity contribution in [3.63, 3.8) is 0 Å². The van der Waals surface area contributed by atoms with Gasteiger partial charge in [-0.05, 0) is 77.6 Å². The molecule has 1 heterocycles. The first kappa shape index (κ1) is 25.1. The third kappa shape index (κ3) is 7.52. The largest absolute Gasteiger partial charge is 0.423 e. The first-order valence-corrected chi connectivity index (χ1v) is 12.2. The summed E-state index contributed by atoms with van der Waals surface area (Å²) in [4.78, 5) is 38.7. The third-order valence-electron chi connectivity index (χ3n) is 5.70. The van der Waals surface area contributed by atoms with Crippen LogP contribution in [0.2, 0.25) is 0 Å². The topological polar surface area (TPSA) is 75.7 Å². The number of amides is 2. The van der Waals surface area contributed by atoms with Crippen molar-refractivity contribution in [2.45, 2.75) is 45.4 Å². The number of carbonyl (C=O) groups is 3. The van der Waals surface area contributed by atoms with Crippen LogP contribution >= 0.6 is 22.6 Å². The zero-order chi connectivity index (χ0) is 23.8. The second-order valence-corrected chi connectivity index (χ2v) is 9.31. The van der Waals surface area contributed by atoms with E-state index >= 15 is 0 Å². The van der Waals surface area contributed by atoms with Gasteiger partial charge in [-0.25, -0.2) is 4.39 Å². The lowest BCUT2D eigenvalue weighted by atomic mass is 9.93. The van der Waals surface area contributed by atoms with E-state index in [0.717, 1.165) is 22.0 Å². The molecule has 176 valence electrons. The van der Waals surface area contributed by atoms with E-state index < -0.39 is 0 Å². The fraction of sp³-hybridized carbons (Fsp3) is 0.400. The van der Waals surface area contributed by atoms with Gasteiger partial charge in [-0.2, -0.15) is 0 Å². The number of anilines is 1. The average molecular weight is 566 g/mol. The number of ether oxygens (including phenoxy) is 1. The van der Waals surface area contributed by atoms with Crippen LogP contribution in [0.5, 0.6) is 5.75 Å². The van der Waals surface area contributed by atoms with Crippen LogP contribution in [0.15, 0.2) is 42.5 Å². The SMILES string of the molecule is CCC(=O)Oc1c(I)cccc1NC(=O)CC1CCN(C(=O)CCc2cccc(F)c2)CC1. The maximum absolute atomic E-state index is 13.3. The highest BCUT2D eigenvalue weighted by Gasteiger charge is 2.25. The number of hydrogen-bond acceptors (Lipinski definition) is 4. The summed E-state index contributed by atoms with van der Waals surface area (Å²) in [5.74, 6) is -0.173. The van der Waals surface area contributed by atoms with Crippen LogP contribution in [-0.4, -0.2) is 35.8 Å². The summed E-state index contributed by atoms with van der Waals surface area (Å²) in [7, 11) is 0. The lowest BCUT2D eigenvalue weighted by molar-refractivity contribution is -0.134. The number of piperidine rings is 1. The maximum atomic E-state index is 13.3. The van der Waals surface area contributed by atoms with Crippen LogP contribution in [0.1, 0.15) is 44.6 Å². The van der Waals surface area contributed by atoms with Gasteiger partial charge in [0.2, 0.25) is 11.8 Å². The summed E-state index contributed by atoms with van der Waals surface area (Å²) in [6.07, 6.45) is 2.96. The maximum Gasteiger partial charge on any atom is 0.311 e. The summed E-state index contributed by atoms with van der Waals surface area (Å²) in [6.45, 7) is 2.94. The van der Waals surface area contributed by atoms with E-state index in [4.69, 9.17) is 4.74 Å². The summed E-state index contributed by atoms with van der Waals surface area (Å²) >= 11 is 2.07. The highest BCUT2D eigenvalue weighted by molar-refractivity contribution is 14.1. The molecule has 33 heavy (non-hydrogen) atoms. The highest BCUT2D eigenvalue weighted by atomic mass is 127. The first-order valence-electron chi connectivity index (χ1n) is 11.2. The van der Waals surface area contributed by atoms with Crippen molar-refractivity contribution < 1.29 is 23.5 Å². The minimum atomic E-state index is -0.357. The van der Waals surface area contributed by atoms with Crippen molar-refractivity contribution >= 4 is 46.1 Å². The van der Waals surface area contributed by atoms with E-state index in [2.05, 4.69) is 27.9 Å². The van der Waals surface area contributed by atoms with Crippen molar-refractivity contribution in [1.29, 1.82) is 0 Å². The summed E-state index contributed by atoms with van der Waals surface area (Å²) < 4.78 is 19.4. The molecule has 2 aromatic carbocycles. The number of nitrogens with one attached hydrogen (secondary N) is 1. The summed E-state index contributed by atoms with van der Waals surface area (Å²) in [5.41, 5.74) is 1.30. The molecule has 1 fully saturated rings. The number of carbonyl (C=O) groups excluding carboxylic acids is 3. The number of esters is 1. The number of hydrogen-bond donors (Lipinski definition) is 1. The van der Waals surface area contributed by atoms with Gasteiger partial charge in [0.15, 0.2) is 5.75 Å². The predicted molar refractivity (Wildman–Crippen MR) is 132 cm³/mol. The fourth-order valence-corrected chi connectivity index (χ4v) is 4.46. The van der Waals surface area contributed by atoms with Gasteiger partial charge in [-0.15, -0.1) is 0 Å². The normalized spacial score (nSPS) is 14.1. The van der Waals surface area contributed by atoms with Gasteiger partial charge in [0.05, 0.1) is 9.26 Å². The fourth-order valence-electron chi connectivity index (χ4n) is 3.85. The molecule has 6 nitrogen and oxygen atoms in total. The number of rotatable bonds is 8. The minimum Gasteiger partial charge on any atom is -0.423 e. The molecule has 1 N–H and O–H groups in total. The Morgan fingerprint density at radius 3 is 2.58 bits per heavy atom. The van der Waals surface area contributed by atoms with Crippen molar-refractivity contribution in [2.24, 2.45) is 5.92 Å². The molecule has 1 aliphatic heterocycles. The van der Waals surface area contributed by atoms with E-state index in [-0.39, 0.29) is 35.9 Å². The second kappa shape index (κ2) is 12.1. The molecule has 0 unspecified atom stereocenters. The van der Waals surface area contributed by atoms with Crippen LogP contribution in [0.4, 0.5) is 10.1 Å². The van der Waals surface area contributed by atoms with E-state index in [1.807, 2.05) is 17.0 Å². The monoisotopic (exact) mass is 566 g/mol. The zero-order valence-electron chi connectivity index (χ0n) is 18.6. The minimum absolute atomic E-state index is 0.0587. The Morgan fingerprint density at radius 2 is 1.88 bits per heavy atom. The first-order chi connectivity index (χ1) is 15.9. The van der Waals surface area contributed by atoms with E-state index in [9.17, 15) is 18.8 Å². The Labute approximate surface area is 207 Å². The van der Waals surface area contributed by atoms with Crippen LogP contribution in [0.3, 0.4) is 0 Å². The second-order valence-electron chi connectivity index (χ2n) is 8.15. The van der Waals surface area contributed by atoms with Crippen LogP contribution < -0.4 is 10.1 Å². The van der Waals surface area contributed by atoms with E-state index in [0.29, 0.717) is 43.8 Å². The van der Waals surface area contributed by atoms with Gasteiger partial charge in [0, 0.05) is 32.4 Å². The van der Waals surface area contributed by atoms with Crippen molar-refractivity contribution in [2.75, 3.05) is 18.4 Å². The molecule has 1 aliphatic rings. The standard InChI is InChI=1S/C25H28FIN2O4/c1-2-24(32)33-25-20(27)7-4-8-21(25)28-22(30)16-18-11-13-29(14-12-18)23(31)10-9-17-5-3-6-19(26)15-17/h3-8,15,18H,2,9-14,16H2,1H3,(H,28,30). The number of halogens is 2. The average Bonchev–Trinajstić information content (AvgIpc) is 2.80. The zero-order valence-corrected chi connectivity index (χ0v) is 20.8. The molecule has 3 rings (SSSR count). The summed E-state index contributed by atoms with van der Waals surface area (Å²) in [5, 5.41) is 2.87. The Balaban J connectivity index is 1.46. The molecule has 0 bridgehead atoms. The summed E-state index contributed by atoms with van der Waals surface area (Å²) in [6, 6.07) is 11.7. The Hall–Kier alpha value is -2.49. The molecule has 2 amide bonds. The highest BCUT2D eigenvalue weighted by Crippen LogP contribution is 2.31. The van der Waals surface area contributed by atoms with Crippen LogP contribution in [0.25, 0.3) is 0 Å². The van der Waals surface area contributed by atoms with Crippen molar-refractivity contribution in [3.05, 3.63) is 57.4 Å². The lowest BCUT2D eigenvalue weighted by Crippen LogP contribution is -2.39. The van der Waals surface area contributed by atoms with Crippen LogP contribution in [0, 0.1) is 15.3 Å². The van der Waals surface area contributed by atoms with Gasteiger partial charge >= 0.3 is 5.97 Å². The third-order valence-corrected chi connectivity index (χ3v) is 6.55. The molecule has 0 saturated carbocycles. The predicted octanol–water partition coefficient (Wildman–Crippen LogP) is 4.95. The van der Waals surface area contributed by atoms with Gasteiger partial charge in [0.1, 0.15) is 5.82 Å². The number of para-hydroxylation sites is 1. The Bertz CT molecular complexity index is 1010.